The molecule has 128 valence electrons. The third kappa shape index (κ3) is 3.47. The lowest BCUT2D eigenvalue weighted by Gasteiger charge is -2.37. The normalized spacial score (nSPS) is 15.9. The molecule has 0 saturated heterocycles. The second kappa shape index (κ2) is 7.09. The third-order valence-corrected chi connectivity index (χ3v) is 3.92. The molecule has 2 aromatic rings. The maximum absolute atomic E-state index is 12.8. The van der Waals surface area contributed by atoms with Crippen molar-refractivity contribution in [3.8, 4) is 5.75 Å². The van der Waals surface area contributed by atoms with Crippen molar-refractivity contribution in [1.29, 1.82) is 0 Å². The number of nitrogens with zero attached hydrogens (tertiary/aromatic N) is 1. The summed E-state index contributed by atoms with van der Waals surface area (Å²) in [6.07, 6.45) is 1.38. The molecule has 1 heterocycles. The summed E-state index contributed by atoms with van der Waals surface area (Å²) < 4.78 is 5.27. The van der Waals surface area contributed by atoms with Crippen LogP contribution in [0.25, 0.3) is 0 Å². The highest BCUT2D eigenvalue weighted by Gasteiger charge is 2.31. The Morgan fingerprint density at radius 3 is 2.64 bits per heavy atom. The van der Waals surface area contributed by atoms with Crippen LogP contribution in [0.5, 0.6) is 5.75 Å². The first-order chi connectivity index (χ1) is 12.1. The van der Waals surface area contributed by atoms with Crippen LogP contribution in [0.15, 0.2) is 61.2 Å². The van der Waals surface area contributed by atoms with Crippen LogP contribution in [0, 0.1) is 0 Å². The molecule has 0 aromatic heterocycles. The summed E-state index contributed by atoms with van der Waals surface area (Å²) >= 11 is 0. The number of hydrogen-bond acceptors (Lipinski definition) is 4. The lowest BCUT2D eigenvalue weighted by atomic mass is 10.0. The van der Waals surface area contributed by atoms with Crippen molar-refractivity contribution in [2.75, 3.05) is 18.5 Å². The first kappa shape index (κ1) is 16.6. The van der Waals surface area contributed by atoms with Crippen molar-refractivity contribution in [3.05, 3.63) is 72.3 Å². The van der Waals surface area contributed by atoms with Crippen LogP contribution in [-0.4, -0.2) is 29.9 Å². The molecule has 1 atom stereocenters. The lowest BCUT2D eigenvalue weighted by Crippen LogP contribution is -2.42. The number of carbonyl (C=O) groups excluding carboxylic acids is 2. The first-order valence-corrected chi connectivity index (χ1v) is 7.88. The standard InChI is InChI=1S/C19H19N3O3/c1-2-11-22-18(21-16-6-4-3-5-15(16)19(22)24)13-7-9-14(10-8-13)25-12-17(20)23/h2-10,18,21H,1,11-12H2,(H2,20,23)/t18-/m1/s1. The third-order valence-electron chi connectivity index (χ3n) is 3.92. The van der Waals surface area contributed by atoms with Gasteiger partial charge < -0.3 is 20.7 Å². The molecule has 0 bridgehead atoms. The number of carbonyl (C=O) groups is 2. The van der Waals surface area contributed by atoms with Gasteiger partial charge in [0.1, 0.15) is 11.9 Å². The van der Waals surface area contributed by atoms with Crippen molar-refractivity contribution in [1.82, 2.24) is 4.90 Å². The zero-order valence-corrected chi connectivity index (χ0v) is 13.6. The molecule has 1 aliphatic rings. The minimum absolute atomic E-state index is 0.0479. The predicted molar refractivity (Wildman–Crippen MR) is 95.2 cm³/mol. The van der Waals surface area contributed by atoms with Crippen LogP contribution in [-0.2, 0) is 4.79 Å². The van der Waals surface area contributed by atoms with E-state index in [0.29, 0.717) is 17.9 Å². The van der Waals surface area contributed by atoms with Crippen LogP contribution in [0.2, 0.25) is 0 Å². The maximum atomic E-state index is 12.8. The van der Waals surface area contributed by atoms with Gasteiger partial charge in [-0.25, -0.2) is 0 Å². The van der Waals surface area contributed by atoms with Gasteiger partial charge in [0, 0.05) is 12.2 Å². The summed E-state index contributed by atoms with van der Waals surface area (Å²) in [4.78, 5) is 25.3. The minimum Gasteiger partial charge on any atom is -0.484 e. The van der Waals surface area contributed by atoms with Crippen LogP contribution >= 0.6 is 0 Å². The van der Waals surface area contributed by atoms with Gasteiger partial charge in [-0.05, 0) is 29.8 Å². The van der Waals surface area contributed by atoms with Gasteiger partial charge in [0.2, 0.25) is 0 Å². The SMILES string of the molecule is C=CCN1C(=O)c2ccccc2N[C@H]1c1ccc(OCC(N)=O)cc1. The summed E-state index contributed by atoms with van der Waals surface area (Å²) in [6, 6.07) is 14.6. The average molecular weight is 337 g/mol. The van der Waals surface area contributed by atoms with E-state index in [9.17, 15) is 9.59 Å². The number of nitrogens with one attached hydrogen (secondary N) is 1. The monoisotopic (exact) mass is 337 g/mol. The number of primary amides is 1. The van der Waals surface area contributed by atoms with Crippen LogP contribution in [0.3, 0.4) is 0 Å². The minimum atomic E-state index is -0.530. The quantitative estimate of drug-likeness (QED) is 0.792. The lowest BCUT2D eigenvalue weighted by molar-refractivity contribution is -0.119. The Kier molecular flexibility index (Phi) is 4.70. The zero-order valence-electron chi connectivity index (χ0n) is 13.6. The highest BCUT2D eigenvalue weighted by Crippen LogP contribution is 2.33. The Balaban J connectivity index is 1.88. The summed E-state index contributed by atoms with van der Waals surface area (Å²) in [6.45, 7) is 3.99. The van der Waals surface area contributed by atoms with Gasteiger partial charge in [-0.15, -0.1) is 6.58 Å². The second-order valence-corrected chi connectivity index (χ2v) is 5.66. The van der Waals surface area contributed by atoms with Crippen LogP contribution in [0.1, 0.15) is 22.1 Å². The molecule has 0 fully saturated rings. The van der Waals surface area contributed by atoms with Crippen molar-refractivity contribution < 1.29 is 14.3 Å². The van der Waals surface area contributed by atoms with Crippen molar-refractivity contribution in [2.24, 2.45) is 5.73 Å². The van der Waals surface area contributed by atoms with Gasteiger partial charge in [0.25, 0.3) is 11.8 Å². The van der Waals surface area contributed by atoms with Gasteiger partial charge in [-0.1, -0.05) is 30.3 Å². The number of para-hydroxylation sites is 1. The van der Waals surface area contributed by atoms with Gasteiger partial charge in [-0.3, -0.25) is 9.59 Å². The summed E-state index contributed by atoms with van der Waals surface area (Å²) in [5, 5.41) is 3.39. The van der Waals surface area contributed by atoms with Crippen LogP contribution < -0.4 is 15.8 Å². The molecule has 0 spiro atoms. The van der Waals surface area contributed by atoms with E-state index in [1.165, 1.54) is 0 Å². The number of fused-ring (bicyclic) bond motifs is 1. The Morgan fingerprint density at radius 2 is 1.96 bits per heavy atom. The van der Waals surface area contributed by atoms with Gasteiger partial charge in [-0.2, -0.15) is 0 Å². The number of ether oxygens (including phenoxy) is 1. The smallest absolute Gasteiger partial charge is 0.258 e. The Hall–Kier alpha value is -3.28. The Morgan fingerprint density at radius 1 is 1.24 bits per heavy atom. The number of amides is 2. The molecule has 0 unspecified atom stereocenters. The van der Waals surface area contributed by atoms with E-state index in [0.717, 1.165) is 11.3 Å². The van der Waals surface area contributed by atoms with E-state index in [1.54, 1.807) is 29.2 Å². The Labute approximate surface area is 145 Å². The molecule has 2 aromatic carbocycles. The Bertz CT molecular complexity index is 802. The molecule has 25 heavy (non-hydrogen) atoms. The number of anilines is 1. The van der Waals surface area contributed by atoms with Gasteiger partial charge in [0.15, 0.2) is 6.61 Å². The van der Waals surface area contributed by atoms with E-state index in [1.807, 2.05) is 30.3 Å². The van der Waals surface area contributed by atoms with Gasteiger partial charge >= 0.3 is 0 Å². The predicted octanol–water partition coefficient (Wildman–Crippen LogP) is 2.30. The molecule has 2 amide bonds. The summed E-state index contributed by atoms with van der Waals surface area (Å²) in [5.41, 5.74) is 7.41. The number of hydrogen-bond donors (Lipinski definition) is 2. The summed E-state index contributed by atoms with van der Waals surface area (Å²) in [5.74, 6) is -0.0361. The summed E-state index contributed by atoms with van der Waals surface area (Å²) in [7, 11) is 0. The molecule has 6 nitrogen and oxygen atoms in total. The molecule has 3 rings (SSSR count). The number of nitrogens with two attached hydrogens (primary N) is 1. The molecular formula is C19H19N3O3. The largest absolute Gasteiger partial charge is 0.484 e. The second-order valence-electron chi connectivity index (χ2n) is 5.66. The first-order valence-electron chi connectivity index (χ1n) is 7.88. The molecule has 6 heteroatoms. The fraction of sp³-hybridized carbons (Fsp3) is 0.158. The average Bonchev–Trinajstić information content (AvgIpc) is 2.63. The zero-order chi connectivity index (χ0) is 17.8. The molecular weight excluding hydrogens is 318 g/mol. The van der Waals surface area contributed by atoms with E-state index >= 15 is 0 Å². The highest BCUT2D eigenvalue weighted by atomic mass is 16.5. The molecule has 0 saturated carbocycles. The maximum Gasteiger partial charge on any atom is 0.258 e. The molecule has 0 aliphatic carbocycles. The van der Waals surface area contributed by atoms with Crippen LogP contribution in [0.4, 0.5) is 5.69 Å². The fourth-order valence-electron chi connectivity index (χ4n) is 2.78. The topological polar surface area (TPSA) is 84.7 Å². The molecule has 0 radical (unpaired) electrons. The van der Waals surface area contributed by atoms with E-state index in [2.05, 4.69) is 11.9 Å². The van der Waals surface area contributed by atoms with Gasteiger partial charge in [0.05, 0.1) is 5.56 Å². The molecule has 3 N–H and O–H groups in total. The van der Waals surface area contributed by atoms with Crippen molar-refractivity contribution >= 4 is 17.5 Å². The molecule has 1 aliphatic heterocycles. The number of rotatable bonds is 6. The number of benzene rings is 2. The van der Waals surface area contributed by atoms with Crippen molar-refractivity contribution in [3.63, 3.8) is 0 Å². The van der Waals surface area contributed by atoms with Crippen molar-refractivity contribution in [2.45, 2.75) is 6.17 Å². The highest BCUT2D eigenvalue weighted by molar-refractivity contribution is 6.01. The fourth-order valence-corrected chi connectivity index (χ4v) is 2.78. The van der Waals surface area contributed by atoms with E-state index < -0.39 is 5.91 Å². The van der Waals surface area contributed by atoms with E-state index in [-0.39, 0.29) is 18.7 Å². The van der Waals surface area contributed by atoms with E-state index in [4.69, 9.17) is 10.5 Å².